The molecule has 0 heterocycles. The second-order valence-electron chi connectivity index (χ2n) is 4.64. The molecule has 1 N–H and O–H groups in total. The lowest BCUT2D eigenvalue weighted by Gasteiger charge is -2.30. The molecule has 0 saturated heterocycles. The van der Waals surface area contributed by atoms with Crippen LogP contribution < -0.4 is 0 Å². The van der Waals surface area contributed by atoms with Gasteiger partial charge in [-0.05, 0) is 30.7 Å². The molecule has 0 bridgehead atoms. The van der Waals surface area contributed by atoms with Crippen LogP contribution in [0.4, 0.5) is 0 Å². The molecule has 0 aliphatic heterocycles. The number of rotatable bonds is 0. The molecule has 2 aliphatic carbocycles. The van der Waals surface area contributed by atoms with E-state index in [-0.39, 0.29) is 17.5 Å². The first-order valence-electron chi connectivity index (χ1n) is 5.82. The monoisotopic (exact) mass is 214 g/mol. The average molecular weight is 214 g/mol. The molecule has 2 aliphatic rings. The van der Waals surface area contributed by atoms with Crippen LogP contribution in [-0.4, -0.2) is 10.9 Å². The van der Waals surface area contributed by atoms with Crippen LogP contribution in [0.15, 0.2) is 29.8 Å². The van der Waals surface area contributed by atoms with Crippen LogP contribution >= 0.6 is 0 Å². The molecule has 2 heteroatoms. The van der Waals surface area contributed by atoms with Crippen molar-refractivity contribution < 1.29 is 9.90 Å². The molecule has 1 atom stereocenters. The molecular weight excluding hydrogens is 200 g/mol. The summed E-state index contributed by atoms with van der Waals surface area (Å²) < 4.78 is 0. The van der Waals surface area contributed by atoms with E-state index in [4.69, 9.17) is 0 Å². The molecule has 0 radical (unpaired) electrons. The van der Waals surface area contributed by atoms with E-state index >= 15 is 0 Å². The van der Waals surface area contributed by atoms with E-state index in [1.165, 1.54) is 5.56 Å². The highest BCUT2D eigenvalue weighted by Crippen LogP contribution is 2.39. The van der Waals surface area contributed by atoms with Gasteiger partial charge in [-0.25, -0.2) is 0 Å². The summed E-state index contributed by atoms with van der Waals surface area (Å²) in [6, 6.07) is 7.84. The number of Topliss-reactive ketones (excluding diaryl/α,β-unsaturated/α-hetero) is 1. The topological polar surface area (TPSA) is 37.3 Å². The van der Waals surface area contributed by atoms with Crippen LogP contribution in [-0.2, 0) is 11.2 Å². The smallest absolute Gasteiger partial charge is 0.162 e. The summed E-state index contributed by atoms with van der Waals surface area (Å²) in [5.41, 5.74) is 2.71. The number of benzene rings is 1. The van der Waals surface area contributed by atoms with Gasteiger partial charge in [0.05, 0.1) is 0 Å². The van der Waals surface area contributed by atoms with Crippen molar-refractivity contribution in [3.8, 4) is 0 Å². The Balaban J connectivity index is 2.18. The van der Waals surface area contributed by atoms with Gasteiger partial charge in [0, 0.05) is 17.6 Å². The number of hydrogen-bond donors (Lipinski definition) is 1. The lowest BCUT2D eigenvalue weighted by atomic mass is 9.74. The van der Waals surface area contributed by atoms with E-state index in [0.29, 0.717) is 12.0 Å². The largest absolute Gasteiger partial charge is 0.507 e. The van der Waals surface area contributed by atoms with E-state index in [9.17, 15) is 9.90 Å². The number of aliphatic hydroxyl groups excluding tert-OH is 1. The number of allylic oxidation sites excluding steroid dienone is 1. The summed E-state index contributed by atoms with van der Waals surface area (Å²) in [5.74, 6) is 0.621. The Labute approximate surface area is 94.6 Å². The molecule has 0 unspecified atom stereocenters. The number of fused-ring (bicyclic) bond motifs is 2. The van der Waals surface area contributed by atoms with Crippen LogP contribution in [0.5, 0.6) is 0 Å². The van der Waals surface area contributed by atoms with Gasteiger partial charge >= 0.3 is 0 Å². The van der Waals surface area contributed by atoms with E-state index in [1.54, 1.807) is 0 Å². The quantitative estimate of drug-likeness (QED) is 0.721. The van der Waals surface area contributed by atoms with Crippen molar-refractivity contribution in [1.82, 2.24) is 0 Å². The first kappa shape index (κ1) is 9.64. The third-order valence-electron chi connectivity index (χ3n) is 3.66. The summed E-state index contributed by atoms with van der Waals surface area (Å²) in [4.78, 5) is 11.8. The molecule has 1 aromatic rings. The molecule has 0 aromatic heterocycles. The molecule has 1 fully saturated rings. The normalized spacial score (nSPS) is 24.0. The fraction of sp³-hybridized carbons (Fsp3) is 0.357. The molecule has 2 nitrogen and oxygen atoms in total. The second-order valence-corrected chi connectivity index (χ2v) is 4.64. The van der Waals surface area contributed by atoms with Gasteiger partial charge in [-0.15, -0.1) is 0 Å². The van der Waals surface area contributed by atoms with Gasteiger partial charge in [-0.1, -0.05) is 24.3 Å². The summed E-state index contributed by atoms with van der Waals surface area (Å²) in [5, 5.41) is 10.2. The first-order chi connectivity index (χ1) is 7.77. The number of carbonyl (C=O) groups is 1. The molecule has 82 valence electrons. The Hall–Kier alpha value is -1.57. The highest BCUT2D eigenvalue weighted by Gasteiger charge is 2.33. The summed E-state index contributed by atoms with van der Waals surface area (Å²) in [7, 11) is 0. The van der Waals surface area contributed by atoms with Gasteiger partial charge in [0.15, 0.2) is 5.78 Å². The molecule has 0 spiro atoms. The van der Waals surface area contributed by atoms with Gasteiger partial charge in [-0.2, -0.15) is 0 Å². The fourth-order valence-electron chi connectivity index (χ4n) is 2.89. The minimum atomic E-state index is 0.142. The molecule has 0 amide bonds. The minimum Gasteiger partial charge on any atom is -0.507 e. The predicted octanol–water partition coefficient (Wildman–Crippen LogP) is 2.88. The van der Waals surface area contributed by atoms with Crippen molar-refractivity contribution >= 4 is 11.5 Å². The zero-order valence-electron chi connectivity index (χ0n) is 9.07. The molecule has 3 rings (SSSR count). The maximum Gasteiger partial charge on any atom is 0.162 e. The molecule has 1 saturated carbocycles. The maximum absolute atomic E-state index is 11.8. The molecule has 1 aromatic carbocycles. The standard InChI is InChI=1S/C14H14O2/c15-12-7-3-5-10-8-9-4-1-2-6-11(9)14(16)13(10)12/h1-2,4,6,10,16H,3,5,7-8H2/t10-/m1/s1. The third-order valence-corrected chi connectivity index (χ3v) is 3.66. The summed E-state index contributed by atoms with van der Waals surface area (Å²) in [6.07, 6.45) is 3.49. The molecule has 16 heavy (non-hydrogen) atoms. The summed E-state index contributed by atoms with van der Waals surface area (Å²) in [6.45, 7) is 0. The van der Waals surface area contributed by atoms with Crippen molar-refractivity contribution in [2.24, 2.45) is 5.92 Å². The Bertz CT molecular complexity index is 485. The Morgan fingerprint density at radius 2 is 2.06 bits per heavy atom. The van der Waals surface area contributed by atoms with Crippen LogP contribution in [0, 0.1) is 5.92 Å². The second kappa shape index (κ2) is 3.48. The van der Waals surface area contributed by atoms with Gasteiger partial charge in [0.1, 0.15) is 5.76 Å². The number of carbonyl (C=O) groups excluding carboxylic acids is 1. The maximum atomic E-state index is 11.8. The van der Waals surface area contributed by atoms with Crippen molar-refractivity contribution in [3.63, 3.8) is 0 Å². The predicted molar refractivity (Wildman–Crippen MR) is 62.0 cm³/mol. The van der Waals surface area contributed by atoms with Crippen molar-refractivity contribution in [2.45, 2.75) is 25.7 Å². The van der Waals surface area contributed by atoms with E-state index in [1.807, 2.05) is 24.3 Å². The summed E-state index contributed by atoms with van der Waals surface area (Å²) >= 11 is 0. The van der Waals surface area contributed by atoms with Crippen LogP contribution in [0.3, 0.4) is 0 Å². The molecular formula is C14H14O2. The lowest BCUT2D eigenvalue weighted by molar-refractivity contribution is -0.117. The SMILES string of the molecule is O=C1CCC[C@@H]2Cc3ccccc3C(O)=C12. The van der Waals surface area contributed by atoms with Gasteiger partial charge < -0.3 is 5.11 Å². The Morgan fingerprint density at radius 3 is 2.94 bits per heavy atom. The Kier molecular flexibility index (Phi) is 2.10. The van der Waals surface area contributed by atoms with Gasteiger partial charge in [-0.3, -0.25) is 4.79 Å². The Morgan fingerprint density at radius 1 is 1.25 bits per heavy atom. The minimum absolute atomic E-state index is 0.142. The van der Waals surface area contributed by atoms with Gasteiger partial charge in [0.25, 0.3) is 0 Å². The van der Waals surface area contributed by atoms with Gasteiger partial charge in [0.2, 0.25) is 0 Å². The fourth-order valence-corrected chi connectivity index (χ4v) is 2.89. The van der Waals surface area contributed by atoms with E-state index < -0.39 is 0 Å². The van der Waals surface area contributed by atoms with E-state index in [0.717, 1.165) is 24.8 Å². The van der Waals surface area contributed by atoms with Crippen molar-refractivity contribution in [2.75, 3.05) is 0 Å². The number of aliphatic hydroxyl groups is 1. The van der Waals surface area contributed by atoms with Crippen LogP contribution in [0.2, 0.25) is 0 Å². The van der Waals surface area contributed by atoms with E-state index in [2.05, 4.69) is 0 Å². The number of ketones is 1. The highest BCUT2D eigenvalue weighted by atomic mass is 16.3. The first-order valence-corrected chi connectivity index (χ1v) is 5.82. The zero-order chi connectivity index (χ0) is 11.1. The highest BCUT2D eigenvalue weighted by molar-refractivity contribution is 6.03. The third kappa shape index (κ3) is 1.29. The lowest BCUT2D eigenvalue weighted by Crippen LogP contribution is -2.26. The van der Waals surface area contributed by atoms with Crippen molar-refractivity contribution in [3.05, 3.63) is 41.0 Å². The zero-order valence-corrected chi connectivity index (χ0v) is 9.07. The number of hydrogen-bond acceptors (Lipinski definition) is 2. The van der Waals surface area contributed by atoms with Crippen LogP contribution in [0.1, 0.15) is 30.4 Å². The van der Waals surface area contributed by atoms with Crippen LogP contribution in [0.25, 0.3) is 5.76 Å². The average Bonchev–Trinajstić information content (AvgIpc) is 2.29. The van der Waals surface area contributed by atoms with Crippen molar-refractivity contribution in [1.29, 1.82) is 0 Å².